The molecule has 0 aliphatic heterocycles. The Morgan fingerprint density at radius 1 is 1.10 bits per heavy atom. The standard InChI is InChI=1S/C16H23NO4/c1-16(2,3)21-15(19)11-17-13-8-5-12(6-9-13)7-10-14(18)20-4/h5-6,8-9,17H,7,10-11H2,1-4H3. The number of aryl methyl sites for hydroxylation is 1. The van der Waals surface area contributed by atoms with Gasteiger partial charge in [0.2, 0.25) is 0 Å². The number of hydrogen-bond donors (Lipinski definition) is 1. The van der Waals surface area contributed by atoms with Gasteiger partial charge in [-0.15, -0.1) is 0 Å². The monoisotopic (exact) mass is 293 g/mol. The lowest BCUT2D eigenvalue weighted by Crippen LogP contribution is -2.28. The van der Waals surface area contributed by atoms with E-state index in [0.717, 1.165) is 11.3 Å². The Morgan fingerprint density at radius 3 is 2.24 bits per heavy atom. The van der Waals surface area contributed by atoms with E-state index in [1.54, 1.807) is 0 Å². The molecule has 0 unspecified atom stereocenters. The van der Waals surface area contributed by atoms with Crippen molar-refractivity contribution >= 4 is 17.6 Å². The van der Waals surface area contributed by atoms with E-state index in [0.29, 0.717) is 12.8 Å². The fourth-order valence-electron chi connectivity index (χ4n) is 1.69. The minimum absolute atomic E-state index is 0.124. The van der Waals surface area contributed by atoms with Crippen LogP contribution in [0.3, 0.4) is 0 Å². The molecule has 5 heteroatoms. The first-order valence-electron chi connectivity index (χ1n) is 6.91. The van der Waals surface area contributed by atoms with Crippen LogP contribution in [0.1, 0.15) is 32.8 Å². The zero-order valence-electron chi connectivity index (χ0n) is 13.1. The van der Waals surface area contributed by atoms with Gasteiger partial charge in [0, 0.05) is 12.1 Å². The van der Waals surface area contributed by atoms with Gasteiger partial charge in [0.05, 0.1) is 7.11 Å². The van der Waals surface area contributed by atoms with Crippen LogP contribution in [-0.2, 0) is 25.5 Å². The third kappa shape index (κ3) is 7.34. The number of rotatable bonds is 6. The molecular weight excluding hydrogens is 270 g/mol. The first-order chi connectivity index (χ1) is 9.80. The summed E-state index contributed by atoms with van der Waals surface area (Å²) in [6.45, 7) is 5.63. The van der Waals surface area contributed by atoms with Gasteiger partial charge in [-0.3, -0.25) is 9.59 Å². The Morgan fingerprint density at radius 2 is 1.71 bits per heavy atom. The van der Waals surface area contributed by atoms with E-state index < -0.39 is 5.60 Å². The topological polar surface area (TPSA) is 64.6 Å². The molecule has 0 atom stereocenters. The number of carbonyl (C=O) groups is 2. The van der Waals surface area contributed by atoms with E-state index in [-0.39, 0.29) is 18.5 Å². The maximum absolute atomic E-state index is 11.6. The number of ether oxygens (including phenoxy) is 2. The van der Waals surface area contributed by atoms with Gasteiger partial charge in [-0.25, -0.2) is 0 Å². The van der Waals surface area contributed by atoms with Crippen molar-refractivity contribution in [2.24, 2.45) is 0 Å². The van der Waals surface area contributed by atoms with Crippen LogP contribution in [0.25, 0.3) is 0 Å². The minimum Gasteiger partial charge on any atom is -0.469 e. The molecule has 0 amide bonds. The summed E-state index contributed by atoms with van der Waals surface area (Å²) in [5, 5.41) is 3.00. The maximum atomic E-state index is 11.6. The highest BCUT2D eigenvalue weighted by atomic mass is 16.6. The van der Waals surface area contributed by atoms with E-state index in [2.05, 4.69) is 10.1 Å². The molecule has 5 nitrogen and oxygen atoms in total. The summed E-state index contributed by atoms with van der Waals surface area (Å²) in [5.74, 6) is -0.514. The van der Waals surface area contributed by atoms with Gasteiger partial charge in [0.25, 0.3) is 0 Å². The van der Waals surface area contributed by atoms with Crippen molar-refractivity contribution in [3.8, 4) is 0 Å². The van der Waals surface area contributed by atoms with Crippen molar-refractivity contribution in [2.75, 3.05) is 19.0 Å². The van der Waals surface area contributed by atoms with E-state index in [9.17, 15) is 9.59 Å². The molecule has 0 aliphatic carbocycles. The quantitative estimate of drug-likeness (QED) is 0.817. The van der Waals surface area contributed by atoms with Crippen molar-refractivity contribution in [1.82, 2.24) is 0 Å². The summed E-state index contributed by atoms with van der Waals surface area (Å²) in [4.78, 5) is 22.6. The second-order valence-corrected chi connectivity index (χ2v) is 5.71. The lowest BCUT2D eigenvalue weighted by atomic mass is 10.1. The van der Waals surface area contributed by atoms with Crippen molar-refractivity contribution in [3.63, 3.8) is 0 Å². The third-order valence-corrected chi connectivity index (χ3v) is 2.66. The Hall–Kier alpha value is -2.04. The Balaban J connectivity index is 2.41. The summed E-state index contributed by atoms with van der Waals surface area (Å²) in [6.07, 6.45) is 1.00. The predicted octanol–water partition coefficient (Wildman–Crippen LogP) is 2.55. The van der Waals surface area contributed by atoms with Gasteiger partial charge in [0.1, 0.15) is 12.1 Å². The fourth-order valence-corrected chi connectivity index (χ4v) is 1.69. The SMILES string of the molecule is COC(=O)CCc1ccc(NCC(=O)OC(C)(C)C)cc1. The molecule has 0 spiro atoms. The van der Waals surface area contributed by atoms with Crippen LogP contribution in [0.15, 0.2) is 24.3 Å². The molecule has 0 saturated heterocycles. The highest BCUT2D eigenvalue weighted by Crippen LogP contribution is 2.12. The third-order valence-electron chi connectivity index (χ3n) is 2.66. The summed E-state index contributed by atoms with van der Waals surface area (Å²) >= 11 is 0. The predicted molar refractivity (Wildman–Crippen MR) is 81.1 cm³/mol. The molecule has 0 saturated carbocycles. The van der Waals surface area contributed by atoms with E-state index >= 15 is 0 Å². The summed E-state index contributed by atoms with van der Waals surface area (Å²) in [6, 6.07) is 7.58. The molecule has 1 N–H and O–H groups in total. The molecule has 0 radical (unpaired) electrons. The van der Waals surface area contributed by atoms with Crippen LogP contribution in [0.4, 0.5) is 5.69 Å². The summed E-state index contributed by atoms with van der Waals surface area (Å²) < 4.78 is 9.81. The molecule has 1 aromatic rings. The van der Waals surface area contributed by atoms with E-state index in [1.165, 1.54) is 7.11 Å². The molecule has 0 heterocycles. The number of methoxy groups -OCH3 is 1. The molecule has 0 bridgehead atoms. The smallest absolute Gasteiger partial charge is 0.325 e. The Bertz CT molecular complexity index is 474. The molecule has 0 aromatic heterocycles. The second-order valence-electron chi connectivity index (χ2n) is 5.71. The average Bonchev–Trinajstić information content (AvgIpc) is 2.41. The van der Waals surface area contributed by atoms with Crippen LogP contribution >= 0.6 is 0 Å². The average molecular weight is 293 g/mol. The van der Waals surface area contributed by atoms with Gasteiger partial charge in [-0.05, 0) is 44.9 Å². The molecule has 0 aliphatic rings. The largest absolute Gasteiger partial charge is 0.469 e. The maximum Gasteiger partial charge on any atom is 0.325 e. The molecule has 0 fully saturated rings. The molecule has 1 aromatic carbocycles. The first-order valence-corrected chi connectivity index (χ1v) is 6.91. The van der Waals surface area contributed by atoms with Crippen molar-refractivity contribution in [2.45, 2.75) is 39.2 Å². The number of anilines is 1. The number of esters is 2. The van der Waals surface area contributed by atoms with Gasteiger partial charge < -0.3 is 14.8 Å². The van der Waals surface area contributed by atoms with Crippen LogP contribution < -0.4 is 5.32 Å². The number of benzene rings is 1. The van der Waals surface area contributed by atoms with E-state index in [4.69, 9.17) is 4.74 Å². The molecule has 21 heavy (non-hydrogen) atoms. The van der Waals surface area contributed by atoms with Gasteiger partial charge in [-0.1, -0.05) is 12.1 Å². The van der Waals surface area contributed by atoms with Gasteiger partial charge in [-0.2, -0.15) is 0 Å². The van der Waals surface area contributed by atoms with E-state index in [1.807, 2.05) is 45.0 Å². The normalized spacial score (nSPS) is 10.9. The van der Waals surface area contributed by atoms with Gasteiger partial charge in [0.15, 0.2) is 0 Å². The van der Waals surface area contributed by atoms with Crippen LogP contribution in [0.2, 0.25) is 0 Å². The second kappa shape index (κ2) is 7.67. The lowest BCUT2D eigenvalue weighted by Gasteiger charge is -2.19. The number of nitrogens with one attached hydrogen (secondary N) is 1. The Labute approximate surface area is 125 Å². The number of hydrogen-bond acceptors (Lipinski definition) is 5. The Kier molecular flexibility index (Phi) is 6.21. The summed E-state index contributed by atoms with van der Waals surface area (Å²) in [5.41, 5.74) is 1.40. The van der Waals surface area contributed by atoms with Crippen LogP contribution in [0, 0.1) is 0 Å². The zero-order valence-corrected chi connectivity index (χ0v) is 13.1. The van der Waals surface area contributed by atoms with Crippen LogP contribution in [-0.4, -0.2) is 31.2 Å². The number of carbonyl (C=O) groups excluding carboxylic acids is 2. The highest BCUT2D eigenvalue weighted by Gasteiger charge is 2.15. The molecule has 116 valence electrons. The highest BCUT2D eigenvalue weighted by molar-refractivity contribution is 5.75. The fraction of sp³-hybridized carbons (Fsp3) is 0.500. The molecular formula is C16H23NO4. The van der Waals surface area contributed by atoms with Crippen molar-refractivity contribution in [1.29, 1.82) is 0 Å². The zero-order chi connectivity index (χ0) is 15.9. The van der Waals surface area contributed by atoms with Crippen molar-refractivity contribution in [3.05, 3.63) is 29.8 Å². The van der Waals surface area contributed by atoms with Crippen LogP contribution in [0.5, 0.6) is 0 Å². The lowest BCUT2D eigenvalue weighted by molar-refractivity contribution is -0.152. The summed E-state index contributed by atoms with van der Waals surface area (Å²) in [7, 11) is 1.38. The first kappa shape index (κ1) is 17.0. The van der Waals surface area contributed by atoms with Gasteiger partial charge >= 0.3 is 11.9 Å². The minimum atomic E-state index is -0.476. The molecule has 1 rings (SSSR count). The van der Waals surface area contributed by atoms with Crippen molar-refractivity contribution < 1.29 is 19.1 Å².